The van der Waals surface area contributed by atoms with Gasteiger partial charge in [-0.3, -0.25) is 9.59 Å². The van der Waals surface area contributed by atoms with Gasteiger partial charge in [-0.2, -0.15) is 0 Å². The number of hydrogen-bond acceptors (Lipinski definition) is 2. The maximum atomic E-state index is 13.8. The largest absolute Gasteiger partial charge is 0.341 e. The molecule has 23 heavy (non-hydrogen) atoms. The number of rotatable bonds is 4. The Balaban J connectivity index is 2.21. The lowest BCUT2D eigenvalue weighted by atomic mass is 9.90. The van der Waals surface area contributed by atoms with Gasteiger partial charge >= 0.3 is 0 Å². The summed E-state index contributed by atoms with van der Waals surface area (Å²) in [5, 5.41) is 5.30. The van der Waals surface area contributed by atoms with Crippen LogP contribution in [0.2, 0.25) is 5.02 Å². The molecule has 0 saturated heterocycles. The molecule has 2 rings (SSSR count). The Bertz CT molecular complexity index is 707. The van der Waals surface area contributed by atoms with Crippen LogP contribution in [0.3, 0.4) is 0 Å². The van der Waals surface area contributed by atoms with Crippen molar-refractivity contribution in [3.63, 3.8) is 0 Å². The van der Waals surface area contributed by atoms with Crippen molar-refractivity contribution in [3.05, 3.63) is 40.2 Å². The molecule has 4 nitrogen and oxygen atoms in total. The first-order valence-electron chi connectivity index (χ1n) is 7.23. The molecule has 1 aromatic carbocycles. The Labute approximate surface area is 139 Å². The van der Waals surface area contributed by atoms with Gasteiger partial charge in [0.25, 0.3) is 5.91 Å². The smallest absolute Gasteiger partial charge is 0.252 e. The van der Waals surface area contributed by atoms with Crippen LogP contribution in [0.1, 0.15) is 25.7 Å². The van der Waals surface area contributed by atoms with Crippen molar-refractivity contribution in [1.82, 2.24) is 5.32 Å². The fraction of sp³-hybridized carbons (Fsp3) is 0.294. The molecule has 120 valence electrons. The number of carbonyl (C=O) groups excluding carboxylic acids is 2. The lowest BCUT2D eigenvalue weighted by Gasteiger charge is -2.19. The minimum Gasteiger partial charge on any atom is -0.341 e. The molecule has 1 aliphatic carbocycles. The molecule has 0 spiro atoms. The van der Waals surface area contributed by atoms with E-state index in [9.17, 15) is 14.0 Å². The minimum absolute atomic E-state index is 0.0286. The Hall–Kier alpha value is -2.32. The fourth-order valence-electron chi connectivity index (χ4n) is 2.43. The lowest BCUT2D eigenvalue weighted by molar-refractivity contribution is -0.118. The fourth-order valence-corrected chi connectivity index (χ4v) is 2.59. The maximum Gasteiger partial charge on any atom is 0.252 e. The van der Waals surface area contributed by atoms with E-state index < -0.39 is 11.7 Å². The van der Waals surface area contributed by atoms with E-state index in [1.165, 1.54) is 12.1 Å². The second kappa shape index (κ2) is 7.80. The predicted octanol–water partition coefficient (Wildman–Crippen LogP) is 3.04. The van der Waals surface area contributed by atoms with Gasteiger partial charge in [-0.1, -0.05) is 17.5 Å². The Morgan fingerprint density at radius 3 is 2.48 bits per heavy atom. The van der Waals surface area contributed by atoms with Crippen LogP contribution >= 0.6 is 11.6 Å². The van der Waals surface area contributed by atoms with Crippen LogP contribution in [-0.2, 0) is 9.59 Å². The third-order valence-electron chi connectivity index (χ3n) is 3.55. The molecule has 0 radical (unpaired) electrons. The van der Waals surface area contributed by atoms with E-state index in [-0.39, 0.29) is 23.2 Å². The Morgan fingerprint density at radius 1 is 1.22 bits per heavy atom. The number of carbonyl (C=O) groups is 2. The number of hydrogen-bond donors (Lipinski definition) is 2. The van der Waals surface area contributed by atoms with Crippen LogP contribution < -0.4 is 10.6 Å². The number of benzene rings is 1. The zero-order chi connectivity index (χ0) is 16.8. The van der Waals surface area contributed by atoms with Crippen molar-refractivity contribution in [1.29, 1.82) is 0 Å². The van der Waals surface area contributed by atoms with Gasteiger partial charge in [-0.15, -0.1) is 6.42 Å². The summed E-state index contributed by atoms with van der Waals surface area (Å²) in [6.45, 7) is 0.100. The maximum absolute atomic E-state index is 13.8. The second-order valence-corrected chi connectivity index (χ2v) is 5.57. The molecule has 2 N–H and O–H groups in total. The zero-order valence-electron chi connectivity index (χ0n) is 12.4. The first-order valence-corrected chi connectivity index (χ1v) is 7.61. The first kappa shape index (κ1) is 17.0. The van der Waals surface area contributed by atoms with Gasteiger partial charge in [-0.05, 0) is 43.9 Å². The topological polar surface area (TPSA) is 58.2 Å². The molecule has 0 unspecified atom stereocenters. The highest BCUT2D eigenvalue weighted by Crippen LogP contribution is 2.27. The first-order chi connectivity index (χ1) is 11.0. The molecule has 0 aliphatic heterocycles. The SMILES string of the molecule is C#CCNC(=O)C1=C(C(=O)Nc2ccc(Cl)cc2F)CCCC1. The standard InChI is InChI=1S/C17H16ClFN2O2/c1-2-9-20-16(22)12-5-3-4-6-13(12)17(23)21-15-8-7-11(18)10-14(15)19/h1,7-8,10H,3-6,9H2,(H,20,22)(H,21,23). The van der Waals surface area contributed by atoms with Gasteiger partial charge in [-0.25, -0.2) is 4.39 Å². The third kappa shape index (κ3) is 4.33. The normalized spacial score (nSPS) is 14.1. The van der Waals surface area contributed by atoms with E-state index in [0.29, 0.717) is 24.0 Å². The van der Waals surface area contributed by atoms with Crippen LogP contribution in [0.15, 0.2) is 29.3 Å². The average Bonchev–Trinajstić information content (AvgIpc) is 2.55. The monoisotopic (exact) mass is 334 g/mol. The average molecular weight is 335 g/mol. The van der Waals surface area contributed by atoms with Gasteiger partial charge in [0.05, 0.1) is 12.2 Å². The zero-order valence-corrected chi connectivity index (χ0v) is 13.2. The summed E-state index contributed by atoms with van der Waals surface area (Å²) in [4.78, 5) is 24.5. The van der Waals surface area contributed by atoms with E-state index in [0.717, 1.165) is 18.9 Å². The number of terminal acetylenes is 1. The number of halogens is 2. The van der Waals surface area contributed by atoms with Crippen molar-refractivity contribution in [2.45, 2.75) is 25.7 Å². The van der Waals surface area contributed by atoms with E-state index >= 15 is 0 Å². The van der Waals surface area contributed by atoms with Crippen molar-refractivity contribution >= 4 is 29.1 Å². The molecule has 1 aromatic rings. The summed E-state index contributed by atoms with van der Waals surface area (Å²) in [6.07, 6.45) is 7.72. The van der Waals surface area contributed by atoms with Crippen molar-refractivity contribution in [2.75, 3.05) is 11.9 Å². The van der Waals surface area contributed by atoms with Gasteiger partial charge in [0.2, 0.25) is 5.91 Å². The highest BCUT2D eigenvalue weighted by atomic mass is 35.5. The molecule has 0 fully saturated rings. The van der Waals surface area contributed by atoms with Crippen LogP contribution in [0.25, 0.3) is 0 Å². The van der Waals surface area contributed by atoms with Gasteiger partial charge in [0.15, 0.2) is 0 Å². The van der Waals surface area contributed by atoms with E-state index in [4.69, 9.17) is 18.0 Å². The van der Waals surface area contributed by atoms with Gasteiger partial charge in [0, 0.05) is 16.2 Å². The molecule has 1 aliphatic rings. The van der Waals surface area contributed by atoms with Crippen LogP contribution in [0, 0.1) is 18.2 Å². The van der Waals surface area contributed by atoms with Gasteiger partial charge < -0.3 is 10.6 Å². The van der Waals surface area contributed by atoms with E-state index in [1.54, 1.807) is 0 Å². The minimum atomic E-state index is -0.624. The summed E-state index contributed by atoms with van der Waals surface area (Å²) >= 11 is 5.68. The lowest BCUT2D eigenvalue weighted by Crippen LogP contribution is -2.30. The molecule has 2 amide bonds. The number of anilines is 1. The quantitative estimate of drug-likeness (QED) is 0.831. The molecular formula is C17H16ClFN2O2. The number of nitrogens with one attached hydrogen (secondary N) is 2. The van der Waals surface area contributed by atoms with E-state index in [1.807, 2.05) is 0 Å². The summed E-state index contributed by atoms with van der Waals surface area (Å²) in [7, 11) is 0. The van der Waals surface area contributed by atoms with Crippen molar-refractivity contribution < 1.29 is 14.0 Å². The third-order valence-corrected chi connectivity index (χ3v) is 3.78. The Morgan fingerprint density at radius 2 is 1.87 bits per heavy atom. The molecule has 0 saturated carbocycles. The highest BCUT2D eigenvalue weighted by molar-refractivity contribution is 6.30. The predicted molar refractivity (Wildman–Crippen MR) is 87.4 cm³/mol. The molecule has 0 bridgehead atoms. The highest BCUT2D eigenvalue weighted by Gasteiger charge is 2.24. The van der Waals surface area contributed by atoms with Gasteiger partial charge in [0.1, 0.15) is 5.82 Å². The molecule has 6 heteroatoms. The van der Waals surface area contributed by atoms with Crippen LogP contribution in [0.5, 0.6) is 0 Å². The summed E-state index contributed by atoms with van der Waals surface area (Å²) in [5.41, 5.74) is 0.819. The van der Waals surface area contributed by atoms with Crippen molar-refractivity contribution in [2.24, 2.45) is 0 Å². The Kier molecular flexibility index (Phi) is 5.78. The molecule has 0 atom stereocenters. The van der Waals surface area contributed by atoms with Crippen LogP contribution in [0.4, 0.5) is 10.1 Å². The second-order valence-electron chi connectivity index (χ2n) is 5.13. The summed E-state index contributed by atoms with van der Waals surface area (Å²) in [6, 6.07) is 3.99. The molecular weight excluding hydrogens is 319 g/mol. The van der Waals surface area contributed by atoms with E-state index in [2.05, 4.69) is 16.6 Å². The number of amides is 2. The van der Waals surface area contributed by atoms with Crippen LogP contribution in [-0.4, -0.2) is 18.4 Å². The summed E-state index contributed by atoms with van der Waals surface area (Å²) < 4.78 is 13.8. The van der Waals surface area contributed by atoms with Crippen molar-refractivity contribution in [3.8, 4) is 12.3 Å². The molecule has 0 aromatic heterocycles. The molecule has 0 heterocycles. The summed E-state index contributed by atoms with van der Waals surface area (Å²) in [5.74, 6) is 0.874.